The lowest BCUT2D eigenvalue weighted by molar-refractivity contribution is 0.233. The molecular formula is C20H26N2O4S. The lowest BCUT2D eigenvalue weighted by atomic mass is 10.1. The monoisotopic (exact) mass is 390 g/mol. The Morgan fingerprint density at radius 3 is 2.37 bits per heavy atom. The second-order valence-electron chi connectivity index (χ2n) is 6.58. The van der Waals surface area contributed by atoms with E-state index in [0.29, 0.717) is 13.2 Å². The molecule has 6 nitrogen and oxygen atoms in total. The molecule has 0 aliphatic heterocycles. The van der Waals surface area contributed by atoms with Gasteiger partial charge < -0.3 is 15.4 Å². The molecule has 0 aromatic heterocycles. The van der Waals surface area contributed by atoms with Gasteiger partial charge in [-0.15, -0.1) is 0 Å². The first-order chi connectivity index (χ1) is 12.7. The van der Waals surface area contributed by atoms with Crippen LogP contribution in [-0.4, -0.2) is 33.9 Å². The van der Waals surface area contributed by atoms with Gasteiger partial charge in [-0.3, -0.25) is 0 Å². The fourth-order valence-corrected chi connectivity index (χ4v) is 3.25. The Labute approximate surface area is 160 Å². The molecule has 0 bridgehead atoms. The average molecular weight is 391 g/mol. The molecular weight excluding hydrogens is 364 g/mol. The van der Waals surface area contributed by atoms with E-state index >= 15 is 0 Å². The highest BCUT2D eigenvalue weighted by Gasteiger charge is 2.11. The van der Waals surface area contributed by atoms with Gasteiger partial charge in [0.25, 0.3) is 0 Å². The van der Waals surface area contributed by atoms with E-state index in [-0.39, 0.29) is 17.0 Å². The molecule has 0 saturated heterocycles. The highest BCUT2D eigenvalue weighted by atomic mass is 32.2. The molecule has 0 saturated carbocycles. The van der Waals surface area contributed by atoms with Gasteiger partial charge in [0, 0.05) is 6.26 Å². The molecule has 1 atom stereocenters. The minimum atomic E-state index is -3.23. The first-order valence-electron chi connectivity index (χ1n) is 8.71. The molecule has 146 valence electrons. The fourth-order valence-electron chi connectivity index (χ4n) is 2.62. The molecule has 2 N–H and O–H groups in total. The minimum absolute atomic E-state index is 0.251. The Morgan fingerprint density at radius 1 is 1.11 bits per heavy atom. The predicted octanol–water partition coefficient (Wildman–Crippen LogP) is 3.15. The van der Waals surface area contributed by atoms with Crippen molar-refractivity contribution in [1.82, 2.24) is 10.6 Å². The van der Waals surface area contributed by atoms with Crippen molar-refractivity contribution in [3.8, 4) is 5.75 Å². The lowest BCUT2D eigenvalue weighted by Gasteiger charge is -2.16. The molecule has 0 radical (unpaired) electrons. The smallest absolute Gasteiger partial charge is 0.315 e. The van der Waals surface area contributed by atoms with Crippen molar-refractivity contribution in [3.05, 3.63) is 59.2 Å². The fraction of sp³-hybridized carbons (Fsp3) is 0.350. The molecule has 2 amide bonds. The minimum Gasteiger partial charge on any atom is -0.491 e. The van der Waals surface area contributed by atoms with Crippen LogP contribution in [0, 0.1) is 13.8 Å². The third-order valence-corrected chi connectivity index (χ3v) is 5.26. The van der Waals surface area contributed by atoms with Crippen LogP contribution in [0.1, 0.15) is 29.7 Å². The van der Waals surface area contributed by atoms with Crippen molar-refractivity contribution in [1.29, 1.82) is 0 Å². The van der Waals surface area contributed by atoms with Gasteiger partial charge in [-0.1, -0.05) is 29.8 Å². The Balaban J connectivity index is 1.78. The number of ether oxygens (including phenoxy) is 1. The van der Waals surface area contributed by atoms with E-state index in [1.165, 1.54) is 5.56 Å². The number of rotatable bonds is 7. The standard InChI is InChI=1S/C20H26N2O4S/c1-14-5-10-19(15(2)13-14)26-12-11-21-20(23)22-16(3)17-6-8-18(9-7-17)27(4,24)25/h5-10,13,16H,11-12H2,1-4H3,(H2,21,22,23). The van der Waals surface area contributed by atoms with Gasteiger partial charge in [0.15, 0.2) is 9.84 Å². The number of nitrogens with one attached hydrogen (secondary N) is 2. The molecule has 0 spiro atoms. The summed E-state index contributed by atoms with van der Waals surface area (Å²) in [6.45, 7) is 6.59. The molecule has 0 aliphatic carbocycles. The summed E-state index contributed by atoms with van der Waals surface area (Å²) < 4.78 is 28.7. The highest BCUT2D eigenvalue weighted by molar-refractivity contribution is 7.90. The number of benzene rings is 2. The van der Waals surface area contributed by atoms with Crippen molar-refractivity contribution in [2.75, 3.05) is 19.4 Å². The van der Waals surface area contributed by atoms with E-state index in [1.54, 1.807) is 24.3 Å². The van der Waals surface area contributed by atoms with Crippen molar-refractivity contribution >= 4 is 15.9 Å². The number of carbonyl (C=O) groups is 1. The largest absolute Gasteiger partial charge is 0.491 e. The topological polar surface area (TPSA) is 84.5 Å². The van der Waals surface area contributed by atoms with Crippen LogP contribution < -0.4 is 15.4 Å². The van der Waals surface area contributed by atoms with Crippen LogP contribution in [0.2, 0.25) is 0 Å². The number of aryl methyl sites for hydroxylation is 2. The molecule has 0 fully saturated rings. The summed E-state index contributed by atoms with van der Waals surface area (Å²) >= 11 is 0. The predicted molar refractivity (Wildman–Crippen MR) is 106 cm³/mol. The summed E-state index contributed by atoms with van der Waals surface area (Å²) in [5, 5.41) is 5.57. The van der Waals surface area contributed by atoms with Crippen molar-refractivity contribution in [2.45, 2.75) is 31.7 Å². The van der Waals surface area contributed by atoms with Crippen molar-refractivity contribution in [3.63, 3.8) is 0 Å². The second-order valence-corrected chi connectivity index (χ2v) is 8.60. The molecule has 0 heterocycles. The summed E-state index contributed by atoms with van der Waals surface area (Å²) in [5.74, 6) is 0.808. The van der Waals surface area contributed by atoms with E-state index in [0.717, 1.165) is 23.1 Å². The first-order valence-corrected chi connectivity index (χ1v) is 10.6. The number of amides is 2. The van der Waals surface area contributed by atoms with Crippen LogP contribution >= 0.6 is 0 Å². The third kappa shape index (κ3) is 6.29. The van der Waals surface area contributed by atoms with E-state index in [1.807, 2.05) is 39.0 Å². The second kappa shape index (κ2) is 8.90. The summed E-state index contributed by atoms with van der Waals surface area (Å²) in [6.07, 6.45) is 1.16. The highest BCUT2D eigenvalue weighted by Crippen LogP contribution is 2.18. The van der Waals surface area contributed by atoms with Gasteiger partial charge in [-0.2, -0.15) is 0 Å². The Morgan fingerprint density at radius 2 is 1.78 bits per heavy atom. The maximum Gasteiger partial charge on any atom is 0.315 e. The maximum atomic E-state index is 12.0. The SMILES string of the molecule is Cc1ccc(OCCNC(=O)NC(C)c2ccc(S(C)(=O)=O)cc2)c(C)c1. The van der Waals surface area contributed by atoms with Crippen LogP contribution in [0.4, 0.5) is 4.79 Å². The Kier molecular flexibility index (Phi) is 6.85. The number of carbonyl (C=O) groups excluding carboxylic acids is 1. The van der Waals surface area contributed by atoms with Crippen molar-refractivity contribution < 1.29 is 17.9 Å². The molecule has 2 aromatic carbocycles. The van der Waals surface area contributed by atoms with E-state index < -0.39 is 9.84 Å². The lowest BCUT2D eigenvalue weighted by Crippen LogP contribution is -2.39. The molecule has 2 rings (SSSR count). The normalized spacial score (nSPS) is 12.3. The average Bonchev–Trinajstić information content (AvgIpc) is 2.59. The van der Waals surface area contributed by atoms with Gasteiger partial charge in [-0.05, 0) is 50.1 Å². The number of sulfone groups is 1. The van der Waals surface area contributed by atoms with Crippen LogP contribution in [-0.2, 0) is 9.84 Å². The number of hydrogen-bond donors (Lipinski definition) is 2. The molecule has 0 aliphatic rings. The van der Waals surface area contributed by atoms with Crippen LogP contribution in [0.25, 0.3) is 0 Å². The van der Waals surface area contributed by atoms with Crippen LogP contribution in [0.15, 0.2) is 47.4 Å². The van der Waals surface area contributed by atoms with E-state index in [2.05, 4.69) is 10.6 Å². The Bertz CT molecular complexity index is 893. The number of hydrogen-bond acceptors (Lipinski definition) is 4. The van der Waals surface area contributed by atoms with Gasteiger partial charge >= 0.3 is 6.03 Å². The maximum absolute atomic E-state index is 12.0. The molecule has 27 heavy (non-hydrogen) atoms. The molecule has 2 aromatic rings. The first kappa shape index (κ1) is 20.8. The summed E-state index contributed by atoms with van der Waals surface area (Å²) in [7, 11) is -3.23. The summed E-state index contributed by atoms with van der Waals surface area (Å²) in [6, 6.07) is 11.9. The van der Waals surface area contributed by atoms with Crippen molar-refractivity contribution in [2.24, 2.45) is 0 Å². The van der Waals surface area contributed by atoms with Crippen LogP contribution in [0.3, 0.4) is 0 Å². The third-order valence-electron chi connectivity index (χ3n) is 4.13. The van der Waals surface area contributed by atoms with Gasteiger partial charge in [0.2, 0.25) is 0 Å². The number of urea groups is 1. The zero-order chi connectivity index (χ0) is 20.0. The van der Waals surface area contributed by atoms with Crippen LogP contribution in [0.5, 0.6) is 5.75 Å². The van der Waals surface area contributed by atoms with E-state index in [4.69, 9.17) is 4.74 Å². The quantitative estimate of drug-likeness (QED) is 0.712. The Hall–Kier alpha value is -2.54. The van der Waals surface area contributed by atoms with Gasteiger partial charge in [0.05, 0.1) is 17.5 Å². The van der Waals surface area contributed by atoms with Gasteiger partial charge in [-0.25, -0.2) is 13.2 Å². The van der Waals surface area contributed by atoms with E-state index in [9.17, 15) is 13.2 Å². The molecule has 1 unspecified atom stereocenters. The summed E-state index contributed by atoms with van der Waals surface area (Å²) in [5.41, 5.74) is 3.06. The zero-order valence-electron chi connectivity index (χ0n) is 16.1. The summed E-state index contributed by atoms with van der Waals surface area (Å²) in [4.78, 5) is 12.3. The zero-order valence-corrected chi connectivity index (χ0v) is 16.9. The molecule has 7 heteroatoms. The van der Waals surface area contributed by atoms with Gasteiger partial charge in [0.1, 0.15) is 12.4 Å².